The molecular formula is C33H37NO7. The van der Waals surface area contributed by atoms with Crippen LogP contribution in [0.2, 0.25) is 0 Å². The van der Waals surface area contributed by atoms with E-state index in [1.54, 1.807) is 26.5 Å². The fourth-order valence-corrected chi connectivity index (χ4v) is 7.76. The number of hydrogen-bond donors (Lipinski definition) is 1. The van der Waals surface area contributed by atoms with Crippen LogP contribution < -0.4 is 19.5 Å². The van der Waals surface area contributed by atoms with Crippen molar-refractivity contribution >= 4 is 11.9 Å². The van der Waals surface area contributed by atoms with Crippen molar-refractivity contribution in [2.75, 3.05) is 20.8 Å². The Balaban J connectivity index is 1.14. The molecular weight excluding hydrogens is 522 g/mol. The van der Waals surface area contributed by atoms with Gasteiger partial charge in [-0.05, 0) is 97.4 Å². The summed E-state index contributed by atoms with van der Waals surface area (Å²) in [5.41, 5.74) is 1.50. The minimum absolute atomic E-state index is 0.0815. The van der Waals surface area contributed by atoms with Gasteiger partial charge in [-0.1, -0.05) is 18.2 Å². The van der Waals surface area contributed by atoms with Crippen LogP contribution in [0, 0.1) is 23.2 Å². The van der Waals surface area contributed by atoms with Gasteiger partial charge in [0, 0.05) is 5.92 Å². The van der Waals surface area contributed by atoms with Crippen LogP contribution in [0.1, 0.15) is 54.9 Å². The molecule has 4 bridgehead atoms. The molecule has 4 aliphatic rings. The number of ether oxygens (including phenoxy) is 4. The predicted octanol–water partition coefficient (Wildman–Crippen LogP) is 5.65. The Hall–Kier alpha value is -3.94. The summed E-state index contributed by atoms with van der Waals surface area (Å²) in [4.78, 5) is 26.2. The van der Waals surface area contributed by atoms with E-state index in [0.717, 1.165) is 24.0 Å². The van der Waals surface area contributed by atoms with Crippen molar-refractivity contribution < 1.29 is 33.0 Å². The normalized spacial score (nSPS) is 25.9. The molecule has 1 amide bonds. The highest BCUT2D eigenvalue weighted by Crippen LogP contribution is 2.66. The first kappa shape index (κ1) is 27.2. The second-order valence-corrected chi connectivity index (χ2v) is 11.7. The second kappa shape index (κ2) is 11.5. The zero-order valence-electron chi connectivity index (χ0n) is 23.6. The van der Waals surface area contributed by atoms with Crippen LogP contribution in [-0.4, -0.2) is 32.7 Å². The summed E-state index contributed by atoms with van der Waals surface area (Å²) in [5, 5.41) is 2.78. The van der Waals surface area contributed by atoms with Crippen molar-refractivity contribution in [2.45, 2.75) is 51.2 Å². The van der Waals surface area contributed by atoms with Crippen LogP contribution in [-0.2, 0) is 27.5 Å². The molecule has 41 heavy (non-hydrogen) atoms. The van der Waals surface area contributed by atoms with Crippen molar-refractivity contribution in [1.82, 2.24) is 5.32 Å². The molecule has 2 aromatic carbocycles. The van der Waals surface area contributed by atoms with Crippen LogP contribution in [0.4, 0.5) is 0 Å². The number of rotatable bonds is 11. The standard InChI is InChI=1S/C33H37NO7/c1-37-28-10-5-21(15-29(28)38-2)19-41-32(36)33-16-22-12-23(17-33)14-25(13-22)31(33)24-6-8-26(9-7-24)40-20-30(35)34-18-27-4-3-11-39-27/h3-11,15,22-23,25,31H,12-14,16-20H2,1-2H3,(H,34,35). The van der Waals surface area contributed by atoms with Gasteiger partial charge in [0.1, 0.15) is 18.1 Å². The third-order valence-corrected chi connectivity index (χ3v) is 9.18. The van der Waals surface area contributed by atoms with E-state index >= 15 is 0 Å². The lowest BCUT2D eigenvalue weighted by atomic mass is 9.44. The van der Waals surface area contributed by atoms with Gasteiger partial charge in [-0.2, -0.15) is 0 Å². The lowest BCUT2D eigenvalue weighted by molar-refractivity contribution is -0.177. The number of furan rings is 1. The number of nitrogens with one attached hydrogen (secondary N) is 1. The summed E-state index contributed by atoms with van der Waals surface area (Å²) in [6, 6.07) is 17.1. The summed E-state index contributed by atoms with van der Waals surface area (Å²) in [5.74, 6) is 4.00. The molecule has 0 radical (unpaired) electrons. The van der Waals surface area contributed by atoms with Gasteiger partial charge in [-0.3, -0.25) is 9.59 Å². The van der Waals surface area contributed by atoms with Gasteiger partial charge in [-0.15, -0.1) is 0 Å². The molecule has 1 N–H and O–H groups in total. The lowest BCUT2D eigenvalue weighted by Gasteiger charge is -2.59. The highest BCUT2D eigenvalue weighted by atomic mass is 16.5. The maximum absolute atomic E-state index is 14.0. The molecule has 1 aromatic heterocycles. The molecule has 4 aliphatic carbocycles. The first-order valence-corrected chi connectivity index (χ1v) is 14.4. The van der Waals surface area contributed by atoms with Crippen molar-refractivity contribution in [3.8, 4) is 17.2 Å². The van der Waals surface area contributed by atoms with E-state index in [9.17, 15) is 9.59 Å². The Labute approximate surface area is 240 Å². The van der Waals surface area contributed by atoms with Gasteiger partial charge >= 0.3 is 5.97 Å². The number of esters is 1. The summed E-state index contributed by atoms with van der Waals surface area (Å²) in [6.45, 7) is 0.438. The van der Waals surface area contributed by atoms with Crippen LogP contribution in [0.15, 0.2) is 65.3 Å². The van der Waals surface area contributed by atoms with Gasteiger partial charge in [-0.25, -0.2) is 0 Å². The van der Waals surface area contributed by atoms with Gasteiger partial charge in [0.05, 0.1) is 32.4 Å². The molecule has 4 fully saturated rings. The van der Waals surface area contributed by atoms with E-state index in [2.05, 4.69) is 17.4 Å². The van der Waals surface area contributed by atoms with Crippen LogP contribution >= 0.6 is 0 Å². The van der Waals surface area contributed by atoms with E-state index in [1.165, 1.54) is 19.3 Å². The molecule has 3 aromatic rings. The predicted molar refractivity (Wildman–Crippen MR) is 151 cm³/mol. The molecule has 3 unspecified atom stereocenters. The molecule has 3 atom stereocenters. The topological polar surface area (TPSA) is 96.2 Å². The van der Waals surface area contributed by atoms with Gasteiger partial charge < -0.3 is 28.7 Å². The van der Waals surface area contributed by atoms with Gasteiger partial charge in [0.15, 0.2) is 18.1 Å². The van der Waals surface area contributed by atoms with E-state index in [4.69, 9.17) is 23.4 Å². The summed E-state index contributed by atoms with van der Waals surface area (Å²) >= 11 is 0. The minimum Gasteiger partial charge on any atom is -0.493 e. The Morgan fingerprint density at radius 3 is 2.39 bits per heavy atom. The smallest absolute Gasteiger partial charge is 0.313 e. The highest BCUT2D eigenvalue weighted by molar-refractivity contribution is 5.79. The highest BCUT2D eigenvalue weighted by Gasteiger charge is 2.61. The fourth-order valence-electron chi connectivity index (χ4n) is 7.76. The number of methoxy groups -OCH3 is 2. The SMILES string of the molecule is COc1ccc(COC(=O)C23CC4CC(CC(C4)C2c2ccc(OCC(=O)NCc4ccco4)cc2)C3)cc1OC. The molecule has 0 saturated heterocycles. The molecule has 7 rings (SSSR count). The van der Waals surface area contributed by atoms with Crippen molar-refractivity contribution in [2.24, 2.45) is 23.2 Å². The average molecular weight is 560 g/mol. The zero-order valence-corrected chi connectivity index (χ0v) is 23.6. The molecule has 0 spiro atoms. The van der Waals surface area contributed by atoms with E-state index < -0.39 is 5.41 Å². The van der Waals surface area contributed by atoms with Gasteiger partial charge in [0.25, 0.3) is 5.91 Å². The number of hydrogen-bond acceptors (Lipinski definition) is 7. The monoisotopic (exact) mass is 559 g/mol. The average Bonchev–Trinajstić information content (AvgIpc) is 3.51. The molecule has 1 heterocycles. The largest absolute Gasteiger partial charge is 0.493 e. The molecule has 8 nitrogen and oxygen atoms in total. The third-order valence-electron chi connectivity index (χ3n) is 9.18. The molecule has 8 heteroatoms. The Morgan fingerprint density at radius 1 is 0.951 bits per heavy atom. The Morgan fingerprint density at radius 2 is 1.71 bits per heavy atom. The zero-order chi connectivity index (χ0) is 28.4. The first-order valence-electron chi connectivity index (χ1n) is 14.4. The Bertz CT molecular complexity index is 1350. The number of carbonyl (C=O) groups is 2. The van der Waals surface area contributed by atoms with E-state index in [-0.39, 0.29) is 31.0 Å². The molecule has 0 aliphatic heterocycles. The first-order chi connectivity index (χ1) is 20.0. The lowest BCUT2D eigenvalue weighted by Crippen LogP contribution is -2.55. The second-order valence-electron chi connectivity index (χ2n) is 11.7. The maximum Gasteiger partial charge on any atom is 0.313 e. The third kappa shape index (κ3) is 5.52. The van der Waals surface area contributed by atoms with E-state index in [0.29, 0.717) is 47.3 Å². The molecule has 216 valence electrons. The Kier molecular flexibility index (Phi) is 7.65. The van der Waals surface area contributed by atoms with Gasteiger partial charge in [0.2, 0.25) is 0 Å². The minimum atomic E-state index is -0.514. The van der Waals surface area contributed by atoms with E-state index in [1.807, 2.05) is 36.4 Å². The molecule has 4 saturated carbocycles. The maximum atomic E-state index is 14.0. The van der Waals surface area contributed by atoms with Crippen molar-refractivity contribution in [1.29, 1.82) is 0 Å². The summed E-state index contributed by atoms with van der Waals surface area (Å²) in [7, 11) is 3.20. The quantitative estimate of drug-likeness (QED) is 0.304. The van der Waals surface area contributed by atoms with Crippen molar-refractivity contribution in [3.63, 3.8) is 0 Å². The van der Waals surface area contributed by atoms with Crippen LogP contribution in [0.3, 0.4) is 0 Å². The summed E-state index contributed by atoms with van der Waals surface area (Å²) in [6.07, 6.45) is 6.89. The number of benzene rings is 2. The summed E-state index contributed by atoms with van der Waals surface area (Å²) < 4.78 is 27.8. The number of amides is 1. The van der Waals surface area contributed by atoms with Crippen LogP contribution in [0.5, 0.6) is 17.2 Å². The van der Waals surface area contributed by atoms with Crippen molar-refractivity contribution in [3.05, 3.63) is 77.7 Å². The van der Waals surface area contributed by atoms with Crippen LogP contribution in [0.25, 0.3) is 0 Å². The number of carbonyl (C=O) groups excluding carboxylic acids is 2. The fraction of sp³-hybridized carbons (Fsp3) is 0.455.